The van der Waals surface area contributed by atoms with Crippen LogP contribution in [-0.4, -0.2) is 58.5 Å². The number of rotatable bonds is 13. The summed E-state index contributed by atoms with van der Waals surface area (Å²) in [6, 6.07) is 15.5. The lowest BCUT2D eigenvalue weighted by atomic mass is 10.1. The maximum Gasteiger partial charge on any atom is 0.264 e. The minimum Gasteiger partial charge on any atom is -0.493 e. The van der Waals surface area contributed by atoms with Crippen molar-refractivity contribution < 1.29 is 31.9 Å². The van der Waals surface area contributed by atoms with Gasteiger partial charge in [-0.25, -0.2) is 12.8 Å². The number of amides is 2. The van der Waals surface area contributed by atoms with Gasteiger partial charge in [0.1, 0.15) is 18.4 Å². The zero-order valence-electron chi connectivity index (χ0n) is 23.9. The molecule has 0 radical (unpaired) electrons. The molecule has 0 aromatic heterocycles. The normalized spacial score (nSPS) is 11.9. The number of ether oxygens (including phenoxy) is 2. The Labute approximate surface area is 240 Å². The minimum absolute atomic E-state index is 0.0298. The molecular formula is C30H36FN3O6S. The van der Waals surface area contributed by atoms with Gasteiger partial charge in [0, 0.05) is 19.2 Å². The Morgan fingerprint density at radius 2 is 1.59 bits per heavy atom. The smallest absolute Gasteiger partial charge is 0.264 e. The summed E-state index contributed by atoms with van der Waals surface area (Å²) in [4.78, 5) is 28.0. The van der Waals surface area contributed by atoms with Crippen LogP contribution in [0.2, 0.25) is 0 Å². The standard InChI is InChI=1S/C30H36FN3O6S/c1-6-17-32-30(36)22(3)33(19-23-9-11-24(31)12-10-23)29(35)20-34(25-13-7-21(2)8-14-25)41(37,38)26-15-16-27(39-4)28(18-26)40-5/h7-16,18,22H,6,17,19-20H2,1-5H3,(H,32,36). The molecule has 2 amide bonds. The van der Waals surface area contributed by atoms with E-state index in [1.54, 1.807) is 31.2 Å². The summed E-state index contributed by atoms with van der Waals surface area (Å²) in [7, 11) is -1.45. The topological polar surface area (TPSA) is 105 Å². The number of anilines is 1. The molecule has 0 bridgehead atoms. The van der Waals surface area contributed by atoms with E-state index in [2.05, 4.69) is 5.32 Å². The van der Waals surface area contributed by atoms with Crippen LogP contribution < -0.4 is 19.1 Å². The van der Waals surface area contributed by atoms with E-state index in [-0.39, 0.29) is 28.8 Å². The molecule has 0 saturated heterocycles. The molecule has 3 aromatic rings. The molecule has 0 heterocycles. The van der Waals surface area contributed by atoms with Crippen LogP contribution in [0.3, 0.4) is 0 Å². The van der Waals surface area contributed by atoms with E-state index in [1.165, 1.54) is 61.6 Å². The van der Waals surface area contributed by atoms with Crippen LogP contribution >= 0.6 is 0 Å². The number of methoxy groups -OCH3 is 2. The van der Waals surface area contributed by atoms with Crippen molar-refractivity contribution in [3.05, 3.63) is 83.7 Å². The van der Waals surface area contributed by atoms with E-state index < -0.39 is 34.3 Å². The third kappa shape index (κ3) is 7.75. The number of carbonyl (C=O) groups is 2. The molecule has 41 heavy (non-hydrogen) atoms. The van der Waals surface area contributed by atoms with Crippen molar-refractivity contribution in [3.8, 4) is 11.5 Å². The van der Waals surface area contributed by atoms with Gasteiger partial charge in [0.15, 0.2) is 11.5 Å². The van der Waals surface area contributed by atoms with Gasteiger partial charge < -0.3 is 19.7 Å². The Morgan fingerprint density at radius 3 is 2.17 bits per heavy atom. The molecule has 0 fully saturated rings. The number of hydrogen-bond donors (Lipinski definition) is 1. The van der Waals surface area contributed by atoms with Gasteiger partial charge in [-0.05, 0) is 62.2 Å². The first-order valence-corrected chi connectivity index (χ1v) is 14.6. The van der Waals surface area contributed by atoms with E-state index in [9.17, 15) is 22.4 Å². The first kappa shape index (κ1) is 31.4. The highest BCUT2D eigenvalue weighted by Gasteiger charge is 2.33. The van der Waals surface area contributed by atoms with Crippen LogP contribution in [0.4, 0.5) is 10.1 Å². The Morgan fingerprint density at radius 1 is 0.951 bits per heavy atom. The summed E-state index contributed by atoms with van der Waals surface area (Å²) in [5.41, 5.74) is 1.76. The highest BCUT2D eigenvalue weighted by atomic mass is 32.2. The van der Waals surface area contributed by atoms with Gasteiger partial charge in [0.05, 0.1) is 24.8 Å². The van der Waals surface area contributed by atoms with Gasteiger partial charge >= 0.3 is 0 Å². The number of carbonyl (C=O) groups excluding carboxylic acids is 2. The Bertz CT molecular complexity index is 1450. The largest absolute Gasteiger partial charge is 0.493 e. The van der Waals surface area contributed by atoms with Crippen molar-refractivity contribution in [2.24, 2.45) is 0 Å². The minimum atomic E-state index is -4.29. The summed E-state index contributed by atoms with van der Waals surface area (Å²) in [6.45, 7) is 5.15. The van der Waals surface area contributed by atoms with Gasteiger partial charge in [0.2, 0.25) is 11.8 Å². The van der Waals surface area contributed by atoms with Crippen molar-refractivity contribution in [1.82, 2.24) is 10.2 Å². The second kappa shape index (κ2) is 14.0. The van der Waals surface area contributed by atoms with E-state index >= 15 is 0 Å². The van der Waals surface area contributed by atoms with Crippen LogP contribution in [0, 0.1) is 12.7 Å². The van der Waals surface area contributed by atoms with Crippen LogP contribution in [0.25, 0.3) is 0 Å². The molecular weight excluding hydrogens is 549 g/mol. The molecule has 0 aliphatic carbocycles. The lowest BCUT2D eigenvalue weighted by Gasteiger charge is -2.32. The van der Waals surface area contributed by atoms with Gasteiger partial charge in [-0.1, -0.05) is 36.8 Å². The summed E-state index contributed by atoms with van der Waals surface area (Å²) in [5, 5.41) is 2.78. The van der Waals surface area contributed by atoms with Crippen LogP contribution in [-0.2, 0) is 26.2 Å². The quantitative estimate of drug-likeness (QED) is 0.321. The Kier molecular flexibility index (Phi) is 10.7. The van der Waals surface area contributed by atoms with Crippen molar-refractivity contribution in [3.63, 3.8) is 0 Å². The number of benzene rings is 3. The van der Waals surface area contributed by atoms with Gasteiger partial charge in [-0.2, -0.15) is 0 Å². The van der Waals surface area contributed by atoms with Crippen molar-refractivity contribution in [1.29, 1.82) is 0 Å². The number of nitrogens with zero attached hydrogens (tertiary/aromatic N) is 2. The average molecular weight is 586 g/mol. The number of halogens is 1. The predicted octanol–water partition coefficient (Wildman–Crippen LogP) is 4.29. The lowest BCUT2D eigenvalue weighted by molar-refractivity contribution is -0.139. The molecule has 11 heteroatoms. The summed E-state index contributed by atoms with van der Waals surface area (Å²) >= 11 is 0. The average Bonchev–Trinajstić information content (AvgIpc) is 2.97. The molecule has 1 atom stereocenters. The maximum atomic E-state index is 14.0. The third-order valence-electron chi connectivity index (χ3n) is 6.53. The zero-order chi connectivity index (χ0) is 30.2. The second-order valence-electron chi connectivity index (χ2n) is 9.48. The fourth-order valence-electron chi connectivity index (χ4n) is 4.11. The molecule has 0 spiro atoms. The fraction of sp³-hybridized carbons (Fsp3) is 0.333. The first-order chi connectivity index (χ1) is 19.5. The molecule has 0 saturated carbocycles. The zero-order valence-corrected chi connectivity index (χ0v) is 24.7. The van der Waals surface area contributed by atoms with Crippen LogP contribution in [0.1, 0.15) is 31.4 Å². The monoisotopic (exact) mass is 585 g/mol. The first-order valence-electron chi connectivity index (χ1n) is 13.1. The van der Waals surface area contributed by atoms with Crippen molar-refractivity contribution in [2.75, 3.05) is 31.6 Å². The van der Waals surface area contributed by atoms with E-state index in [1.807, 2.05) is 13.8 Å². The van der Waals surface area contributed by atoms with E-state index in [4.69, 9.17) is 9.47 Å². The number of aryl methyl sites for hydroxylation is 1. The highest BCUT2D eigenvalue weighted by molar-refractivity contribution is 7.92. The molecule has 1 unspecified atom stereocenters. The Balaban J connectivity index is 2.05. The molecule has 3 rings (SSSR count). The van der Waals surface area contributed by atoms with Gasteiger partial charge in [0.25, 0.3) is 10.0 Å². The highest BCUT2D eigenvalue weighted by Crippen LogP contribution is 2.32. The SMILES string of the molecule is CCCNC(=O)C(C)N(Cc1ccc(F)cc1)C(=O)CN(c1ccc(C)cc1)S(=O)(=O)c1ccc(OC)c(OC)c1. The van der Waals surface area contributed by atoms with E-state index in [0.717, 1.165) is 9.87 Å². The maximum absolute atomic E-state index is 14.0. The van der Waals surface area contributed by atoms with Crippen LogP contribution in [0.5, 0.6) is 11.5 Å². The van der Waals surface area contributed by atoms with Gasteiger partial charge in [-0.15, -0.1) is 0 Å². The summed E-state index contributed by atoms with van der Waals surface area (Å²) in [5.74, 6) is -0.873. The predicted molar refractivity (Wildman–Crippen MR) is 155 cm³/mol. The second-order valence-corrected chi connectivity index (χ2v) is 11.3. The Hall–Kier alpha value is -4.12. The number of hydrogen-bond acceptors (Lipinski definition) is 6. The van der Waals surface area contributed by atoms with Crippen molar-refractivity contribution in [2.45, 2.75) is 44.7 Å². The number of sulfonamides is 1. The summed E-state index contributed by atoms with van der Waals surface area (Å²) < 4.78 is 53.2. The molecule has 1 N–H and O–H groups in total. The third-order valence-corrected chi connectivity index (χ3v) is 8.30. The molecule has 220 valence electrons. The van der Waals surface area contributed by atoms with Gasteiger partial charge in [-0.3, -0.25) is 13.9 Å². The van der Waals surface area contributed by atoms with Crippen molar-refractivity contribution >= 4 is 27.5 Å². The molecule has 0 aliphatic heterocycles. The van der Waals surface area contributed by atoms with E-state index in [0.29, 0.717) is 24.3 Å². The number of nitrogens with one attached hydrogen (secondary N) is 1. The lowest BCUT2D eigenvalue weighted by Crippen LogP contribution is -2.51. The fourth-order valence-corrected chi connectivity index (χ4v) is 5.54. The van der Waals surface area contributed by atoms with Crippen LogP contribution in [0.15, 0.2) is 71.6 Å². The summed E-state index contributed by atoms with van der Waals surface area (Å²) in [6.07, 6.45) is 0.704. The molecule has 0 aliphatic rings. The molecule has 3 aromatic carbocycles. The molecule has 9 nitrogen and oxygen atoms in total.